The molecule has 0 aliphatic heterocycles. The fourth-order valence-corrected chi connectivity index (χ4v) is 2.50. The van der Waals surface area contributed by atoms with Crippen LogP contribution in [0.15, 0.2) is 53.0 Å². The smallest absolute Gasteiger partial charge is 0.0954 e. The Morgan fingerprint density at radius 1 is 1.16 bits per heavy atom. The van der Waals surface area contributed by atoms with Gasteiger partial charge in [0.1, 0.15) is 0 Å². The first kappa shape index (κ1) is 14.3. The molecule has 0 aromatic heterocycles. The van der Waals surface area contributed by atoms with Crippen molar-refractivity contribution in [2.24, 2.45) is 5.73 Å². The monoisotopic (exact) mass is 319 g/mol. The van der Waals surface area contributed by atoms with E-state index in [9.17, 15) is 0 Å². The summed E-state index contributed by atoms with van der Waals surface area (Å²) >= 11 is 3.46. The topological polar surface area (TPSA) is 35.2 Å². The van der Waals surface area contributed by atoms with Crippen LogP contribution in [0.3, 0.4) is 0 Å². The van der Waals surface area contributed by atoms with Gasteiger partial charge in [-0.3, -0.25) is 0 Å². The molecule has 2 N–H and O–H groups in total. The number of rotatable bonds is 5. The Hall–Kier alpha value is -1.16. The van der Waals surface area contributed by atoms with Crippen molar-refractivity contribution in [2.75, 3.05) is 6.54 Å². The molecule has 2 nitrogen and oxygen atoms in total. The highest BCUT2D eigenvalue weighted by Gasteiger charge is 2.12. The maximum Gasteiger partial charge on any atom is 0.0954 e. The molecule has 2 aromatic rings. The van der Waals surface area contributed by atoms with E-state index in [-0.39, 0.29) is 6.10 Å². The molecule has 0 aliphatic rings. The second kappa shape index (κ2) is 6.85. The van der Waals surface area contributed by atoms with Crippen LogP contribution in [0.4, 0.5) is 0 Å². The molecule has 1 unspecified atom stereocenters. The summed E-state index contributed by atoms with van der Waals surface area (Å²) in [4.78, 5) is 0. The minimum absolute atomic E-state index is 0.0554. The molecule has 0 spiro atoms. The highest BCUT2D eigenvalue weighted by atomic mass is 79.9. The number of aryl methyl sites for hydroxylation is 1. The van der Waals surface area contributed by atoms with Crippen LogP contribution >= 0.6 is 15.9 Å². The molecule has 0 amide bonds. The minimum Gasteiger partial charge on any atom is -0.368 e. The second-order valence-electron chi connectivity index (χ2n) is 4.52. The average molecular weight is 320 g/mol. The van der Waals surface area contributed by atoms with E-state index in [1.54, 1.807) is 0 Å². The zero-order valence-corrected chi connectivity index (χ0v) is 12.6. The van der Waals surface area contributed by atoms with Crippen LogP contribution in [0, 0.1) is 6.92 Å². The Bertz CT molecular complexity index is 542. The number of hydrogen-bond acceptors (Lipinski definition) is 2. The van der Waals surface area contributed by atoms with Gasteiger partial charge in [0.25, 0.3) is 0 Å². The summed E-state index contributed by atoms with van der Waals surface area (Å²) in [5.74, 6) is 0. The van der Waals surface area contributed by atoms with Crippen LogP contribution in [0.25, 0.3) is 0 Å². The van der Waals surface area contributed by atoms with Crippen molar-refractivity contribution >= 4 is 15.9 Å². The van der Waals surface area contributed by atoms with Crippen molar-refractivity contribution in [1.29, 1.82) is 0 Å². The molecule has 0 radical (unpaired) electrons. The molecule has 3 heteroatoms. The standard InChI is InChI=1S/C16H18BrNO/c1-12-5-2-3-8-15(12)16(10-18)19-11-13-6-4-7-14(17)9-13/h2-9,16H,10-11,18H2,1H3. The molecule has 2 rings (SSSR count). The lowest BCUT2D eigenvalue weighted by molar-refractivity contribution is 0.0452. The molecule has 2 aromatic carbocycles. The van der Waals surface area contributed by atoms with Gasteiger partial charge in [-0.15, -0.1) is 0 Å². The van der Waals surface area contributed by atoms with Gasteiger partial charge in [0.05, 0.1) is 12.7 Å². The summed E-state index contributed by atoms with van der Waals surface area (Å²) in [6, 6.07) is 16.3. The van der Waals surface area contributed by atoms with Crippen molar-refractivity contribution in [3.63, 3.8) is 0 Å². The summed E-state index contributed by atoms with van der Waals surface area (Å²) in [7, 11) is 0. The third kappa shape index (κ3) is 3.90. The molecule has 0 bridgehead atoms. The normalized spacial score (nSPS) is 12.4. The maximum atomic E-state index is 5.95. The Labute approximate surface area is 122 Å². The van der Waals surface area contributed by atoms with Crippen molar-refractivity contribution < 1.29 is 4.74 Å². The number of nitrogens with two attached hydrogens (primary N) is 1. The van der Waals surface area contributed by atoms with E-state index in [0.717, 1.165) is 10.0 Å². The Kier molecular flexibility index (Phi) is 5.14. The van der Waals surface area contributed by atoms with E-state index in [1.807, 2.05) is 24.3 Å². The van der Waals surface area contributed by atoms with Crippen molar-refractivity contribution in [1.82, 2.24) is 0 Å². The summed E-state index contributed by atoms with van der Waals surface area (Å²) in [6.45, 7) is 3.13. The van der Waals surface area contributed by atoms with Gasteiger partial charge < -0.3 is 10.5 Å². The first-order valence-electron chi connectivity index (χ1n) is 6.32. The van der Waals surface area contributed by atoms with E-state index < -0.39 is 0 Å². The van der Waals surface area contributed by atoms with Crippen LogP contribution in [-0.4, -0.2) is 6.54 Å². The third-order valence-corrected chi connectivity index (χ3v) is 3.58. The largest absolute Gasteiger partial charge is 0.368 e. The van der Waals surface area contributed by atoms with Gasteiger partial charge in [-0.1, -0.05) is 52.3 Å². The van der Waals surface area contributed by atoms with E-state index in [2.05, 4.69) is 47.1 Å². The van der Waals surface area contributed by atoms with Gasteiger partial charge in [0, 0.05) is 11.0 Å². The van der Waals surface area contributed by atoms with Gasteiger partial charge in [0.2, 0.25) is 0 Å². The summed E-state index contributed by atoms with van der Waals surface area (Å²) in [6.07, 6.45) is -0.0554. The van der Waals surface area contributed by atoms with Gasteiger partial charge in [-0.2, -0.15) is 0 Å². The van der Waals surface area contributed by atoms with Crippen LogP contribution in [0.2, 0.25) is 0 Å². The number of halogens is 1. The number of ether oxygens (including phenoxy) is 1. The molecule has 0 saturated heterocycles. The van der Waals surface area contributed by atoms with Crippen molar-refractivity contribution in [3.05, 3.63) is 69.7 Å². The highest BCUT2D eigenvalue weighted by molar-refractivity contribution is 9.10. The minimum atomic E-state index is -0.0554. The zero-order chi connectivity index (χ0) is 13.7. The fraction of sp³-hybridized carbons (Fsp3) is 0.250. The van der Waals surface area contributed by atoms with E-state index in [1.165, 1.54) is 11.1 Å². The number of hydrogen-bond donors (Lipinski definition) is 1. The Morgan fingerprint density at radius 3 is 2.63 bits per heavy atom. The lowest BCUT2D eigenvalue weighted by Crippen LogP contribution is -2.16. The Balaban J connectivity index is 2.06. The van der Waals surface area contributed by atoms with Crippen LogP contribution in [0.5, 0.6) is 0 Å². The molecule has 100 valence electrons. The van der Waals surface area contributed by atoms with Gasteiger partial charge in [-0.25, -0.2) is 0 Å². The Morgan fingerprint density at radius 2 is 1.95 bits per heavy atom. The quantitative estimate of drug-likeness (QED) is 0.904. The van der Waals surface area contributed by atoms with E-state index in [0.29, 0.717) is 13.2 Å². The third-order valence-electron chi connectivity index (χ3n) is 3.09. The molecular weight excluding hydrogens is 302 g/mol. The molecule has 19 heavy (non-hydrogen) atoms. The van der Waals surface area contributed by atoms with E-state index in [4.69, 9.17) is 10.5 Å². The molecule has 0 heterocycles. The van der Waals surface area contributed by atoms with Crippen LogP contribution in [0.1, 0.15) is 22.8 Å². The molecule has 1 atom stereocenters. The predicted octanol–water partition coefficient (Wildman–Crippen LogP) is 3.97. The predicted molar refractivity (Wildman–Crippen MR) is 81.9 cm³/mol. The van der Waals surface area contributed by atoms with Crippen LogP contribution < -0.4 is 5.73 Å². The lowest BCUT2D eigenvalue weighted by atomic mass is 10.0. The first-order valence-corrected chi connectivity index (χ1v) is 7.11. The second-order valence-corrected chi connectivity index (χ2v) is 5.44. The SMILES string of the molecule is Cc1ccccc1C(CN)OCc1cccc(Br)c1. The van der Waals surface area contributed by atoms with Gasteiger partial charge in [0.15, 0.2) is 0 Å². The summed E-state index contributed by atoms with van der Waals surface area (Å²) in [5, 5.41) is 0. The van der Waals surface area contributed by atoms with Crippen LogP contribution in [-0.2, 0) is 11.3 Å². The lowest BCUT2D eigenvalue weighted by Gasteiger charge is -2.18. The van der Waals surface area contributed by atoms with E-state index >= 15 is 0 Å². The maximum absolute atomic E-state index is 5.95. The van der Waals surface area contributed by atoms with Gasteiger partial charge in [-0.05, 0) is 35.7 Å². The molecule has 0 aliphatic carbocycles. The highest BCUT2D eigenvalue weighted by Crippen LogP contribution is 2.22. The summed E-state index contributed by atoms with van der Waals surface area (Å²) in [5.41, 5.74) is 9.36. The zero-order valence-electron chi connectivity index (χ0n) is 11.0. The average Bonchev–Trinajstić information content (AvgIpc) is 2.41. The first-order chi connectivity index (χ1) is 9.20. The number of benzene rings is 2. The summed E-state index contributed by atoms with van der Waals surface area (Å²) < 4.78 is 7.02. The molecular formula is C16H18BrNO. The van der Waals surface area contributed by atoms with Crippen molar-refractivity contribution in [2.45, 2.75) is 19.6 Å². The van der Waals surface area contributed by atoms with Crippen molar-refractivity contribution in [3.8, 4) is 0 Å². The fourth-order valence-electron chi connectivity index (χ4n) is 2.06. The molecule has 0 fully saturated rings. The van der Waals surface area contributed by atoms with Gasteiger partial charge >= 0.3 is 0 Å². The molecule has 0 saturated carbocycles.